The minimum absolute atomic E-state index is 0.128. The first kappa shape index (κ1) is 14.7. The fourth-order valence-electron chi connectivity index (χ4n) is 1.73. The van der Waals surface area contributed by atoms with Gasteiger partial charge in [-0.15, -0.1) is 0 Å². The quantitative estimate of drug-likeness (QED) is 0.771. The van der Waals surface area contributed by atoms with Gasteiger partial charge in [0.15, 0.2) is 5.78 Å². The summed E-state index contributed by atoms with van der Waals surface area (Å²) in [7, 11) is 1.24. The summed E-state index contributed by atoms with van der Waals surface area (Å²) in [6, 6.07) is 5.99. The predicted octanol–water partition coefficient (Wildman–Crippen LogP) is 3.70. The lowest BCUT2D eigenvalue weighted by atomic mass is 9.91. The number of methoxy groups -OCH3 is 1. The van der Waals surface area contributed by atoms with Gasteiger partial charge in [0.05, 0.1) is 12.0 Å². The lowest BCUT2D eigenvalue weighted by Crippen LogP contribution is -2.31. The van der Waals surface area contributed by atoms with Crippen LogP contribution in [0.3, 0.4) is 0 Å². The molecule has 0 heterocycles. The number of Topliss-reactive ketones (excluding diaryl/α,β-unsaturated/α-hetero) is 1. The van der Waals surface area contributed by atoms with E-state index in [-0.39, 0.29) is 5.78 Å². The van der Waals surface area contributed by atoms with Gasteiger partial charge in [-0.25, -0.2) is 0 Å². The molecule has 0 spiro atoms. The predicted molar refractivity (Wildman–Crippen MR) is 61.5 cm³/mol. The van der Waals surface area contributed by atoms with E-state index in [0.29, 0.717) is 11.1 Å². The second kappa shape index (κ2) is 5.10. The molecular weight excluding hydrogens is 245 g/mol. The molecule has 0 amide bonds. The maximum absolute atomic E-state index is 12.5. The Hall–Kier alpha value is -1.36. The Balaban J connectivity index is 3.05. The summed E-state index contributed by atoms with van der Waals surface area (Å²) in [5.74, 6) is -0.128. The molecule has 1 unspecified atom stereocenters. The molecule has 0 aliphatic carbocycles. The smallest absolute Gasteiger partial charge is 0.373 e. The lowest BCUT2D eigenvalue weighted by Gasteiger charge is -2.29. The van der Waals surface area contributed by atoms with Crippen LogP contribution in [-0.2, 0) is 10.3 Å². The minimum Gasteiger partial charge on any atom is -0.373 e. The zero-order valence-corrected chi connectivity index (χ0v) is 10.5. The second-order valence-corrected chi connectivity index (χ2v) is 4.36. The highest BCUT2D eigenvalue weighted by Crippen LogP contribution is 2.36. The van der Waals surface area contributed by atoms with Gasteiger partial charge >= 0.3 is 6.18 Å². The van der Waals surface area contributed by atoms with Gasteiger partial charge in [-0.3, -0.25) is 4.79 Å². The Morgan fingerprint density at radius 1 is 1.22 bits per heavy atom. The van der Waals surface area contributed by atoms with Gasteiger partial charge in [0.1, 0.15) is 0 Å². The molecule has 5 heteroatoms. The van der Waals surface area contributed by atoms with E-state index in [1.807, 2.05) is 0 Å². The number of carbonyl (C=O) groups excluding carboxylic acids is 1. The van der Waals surface area contributed by atoms with E-state index in [1.165, 1.54) is 45.2 Å². The first-order valence-corrected chi connectivity index (χ1v) is 5.41. The molecule has 18 heavy (non-hydrogen) atoms. The Morgan fingerprint density at radius 3 is 2.06 bits per heavy atom. The second-order valence-electron chi connectivity index (χ2n) is 4.36. The maximum Gasteiger partial charge on any atom is 0.392 e. The highest BCUT2D eigenvalue weighted by Gasteiger charge is 2.40. The van der Waals surface area contributed by atoms with Crippen molar-refractivity contribution in [2.24, 2.45) is 0 Å². The fourth-order valence-corrected chi connectivity index (χ4v) is 1.73. The third kappa shape index (κ3) is 3.57. The third-order valence-electron chi connectivity index (χ3n) is 2.89. The molecule has 1 rings (SSSR count). The van der Waals surface area contributed by atoms with Gasteiger partial charge in [0.2, 0.25) is 0 Å². The van der Waals surface area contributed by atoms with Crippen LogP contribution in [0.25, 0.3) is 0 Å². The van der Waals surface area contributed by atoms with Crippen molar-refractivity contribution in [2.75, 3.05) is 7.11 Å². The molecule has 0 saturated heterocycles. The summed E-state index contributed by atoms with van der Waals surface area (Å²) in [5.41, 5.74) is -0.579. The molecule has 1 aromatic rings. The van der Waals surface area contributed by atoms with E-state index in [1.54, 1.807) is 0 Å². The molecule has 0 radical (unpaired) electrons. The number of benzene rings is 1. The van der Waals surface area contributed by atoms with Crippen LogP contribution < -0.4 is 0 Å². The molecule has 0 fully saturated rings. The first-order valence-electron chi connectivity index (χ1n) is 5.41. The normalized spacial score (nSPS) is 15.2. The maximum atomic E-state index is 12.5. The largest absolute Gasteiger partial charge is 0.392 e. The van der Waals surface area contributed by atoms with Crippen molar-refractivity contribution in [3.63, 3.8) is 0 Å². The van der Waals surface area contributed by atoms with Crippen molar-refractivity contribution in [3.05, 3.63) is 35.4 Å². The fraction of sp³-hybridized carbons (Fsp3) is 0.462. The number of halogens is 3. The van der Waals surface area contributed by atoms with Crippen molar-refractivity contribution in [1.29, 1.82) is 0 Å². The van der Waals surface area contributed by atoms with Gasteiger partial charge in [0.25, 0.3) is 0 Å². The third-order valence-corrected chi connectivity index (χ3v) is 2.89. The number of ketones is 1. The average molecular weight is 260 g/mol. The van der Waals surface area contributed by atoms with E-state index in [4.69, 9.17) is 4.74 Å². The standard InChI is InChI=1S/C13H15F3O2/c1-9(17)10-4-6-11(7-5-10)12(2,18-3)8-13(14,15)16/h4-7H,8H2,1-3H3. The monoisotopic (exact) mass is 260 g/mol. The summed E-state index contributed by atoms with van der Waals surface area (Å²) in [4.78, 5) is 11.1. The van der Waals surface area contributed by atoms with Gasteiger partial charge in [-0.1, -0.05) is 24.3 Å². The highest BCUT2D eigenvalue weighted by molar-refractivity contribution is 5.94. The van der Waals surface area contributed by atoms with E-state index in [2.05, 4.69) is 0 Å². The molecule has 0 N–H and O–H groups in total. The molecule has 1 atom stereocenters. The van der Waals surface area contributed by atoms with Crippen molar-refractivity contribution < 1.29 is 22.7 Å². The van der Waals surface area contributed by atoms with E-state index < -0.39 is 18.2 Å². The van der Waals surface area contributed by atoms with Crippen molar-refractivity contribution >= 4 is 5.78 Å². The summed E-state index contributed by atoms with van der Waals surface area (Å²) >= 11 is 0. The van der Waals surface area contributed by atoms with Crippen LogP contribution in [-0.4, -0.2) is 19.1 Å². The topological polar surface area (TPSA) is 26.3 Å². The van der Waals surface area contributed by atoms with Crippen molar-refractivity contribution in [3.8, 4) is 0 Å². The van der Waals surface area contributed by atoms with Crippen LogP contribution in [0.2, 0.25) is 0 Å². The number of ether oxygens (including phenoxy) is 1. The summed E-state index contributed by atoms with van der Waals surface area (Å²) < 4.78 is 42.5. The first-order chi connectivity index (χ1) is 8.18. The van der Waals surface area contributed by atoms with Gasteiger partial charge in [-0.2, -0.15) is 13.2 Å². The number of alkyl halides is 3. The van der Waals surface area contributed by atoms with Gasteiger partial charge < -0.3 is 4.74 Å². The Labute approximate surface area is 104 Å². The van der Waals surface area contributed by atoms with Crippen LogP contribution in [0.4, 0.5) is 13.2 Å². The van der Waals surface area contributed by atoms with E-state index in [0.717, 1.165) is 0 Å². The molecule has 1 aromatic carbocycles. The van der Waals surface area contributed by atoms with Crippen molar-refractivity contribution in [1.82, 2.24) is 0 Å². The van der Waals surface area contributed by atoms with E-state index in [9.17, 15) is 18.0 Å². The molecule has 0 bridgehead atoms. The van der Waals surface area contributed by atoms with Crippen molar-refractivity contribution in [2.45, 2.75) is 32.0 Å². The summed E-state index contributed by atoms with van der Waals surface area (Å²) in [6.45, 7) is 2.78. The average Bonchev–Trinajstić information content (AvgIpc) is 2.27. The Morgan fingerprint density at radius 2 is 1.72 bits per heavy atom. The highest BCUT2D eigenvalue weighted by atomic mass is 19.4. The number of hydrogen-bond acceptors (Lipinski definition) is 2. The number of rotatable bonds is 4. The molecule has 2 nitrogen and oxygen atoms in total. The van der Waals surface area contributed by atoms with Crippen LogP contribution >= 0.6 is 0 Å². The number of hydrogen-bond donors (Lipinski definition) is 0. The SMILES string of the molecule is COC(C)(CC(F)(F)F)c1ccc(C(C)=O)cc1. The molecule has 0 aliphatic heterocycles. The summed E-state index contributed by atoms with van der Waals surface area (Å²) in [6.07, 6.45) is -5.39. The molecule has 0 saturated carbocycles. The zero-order valence-electron chi connectivity index (χ0n) is 10.5. The van der Waals surface area contributed by atoms with Crippen LogP contribution in [0, 0.1) is 0 Å². The van der Waals surface area contributed by atoms with Crippen LogP contribution in [0.5, 0.6) is 0 Å². The van der Waals surface area contributed by atoms with Crippen LogP contribution in [0.15, 0.2) is 24.3 Å². The zero-order chi connectivity index (χ0) is 14.0. The molecule has 100 valence electrons. The van der Waals surface area contributed by atoms with Crippen LogP contribution in [0.1, 0.15) is 36.2 Å². The Kier molecular flexibility index (Phi) is 4.16. The molecular formula is C13H15F3O2. The number of carbonyl (C=O) groups is 1. The minimum atomic E-state index is -4.32. The van der Waals surface area contributed by atoms with Gasteiger partial charge in [-0.05, 0) is 19.4 Å². The molecule has 0 aromatic heterocycles. The Bertz CT molecular complexity index is 423. The molecule has 0 aliphatic rings. The van der Waals surface area contributed by atoms with E-state index >= 15 is 0 Å². The lowest BCUT2D eigenvalue weighted by molar-refractivity contribution is -0.181. The summed E-state index contributed by atoms with van der Waals surface area (Å²) in [5, 5.41) is 0. The van der Waals surface area contributed by atoms with Gasteiger partial charge in [0, 0.05) is 12.7 Å².